The molecule has 1 aromatic rings. The fourth-order valence-corrected chi connectivity index (χ4v) is 2.23. The second-order valence-corrected chi connectivity index (χ2v) is 5.19. The van der Waals surface area contributed by atoms with Gasteiger partial charge in [-0.2, -0.15) is 0 Å². The van der Waals surface area contributed by atoms with E-state index >= 15 is 0 Å². The number of ketones is 2. The molecule has 0 amide bonds. The van der Waals surface area contributed by atoms with Gasteiger partial charge in [-0.15, -0.1) is 11.3 Å². The minimum absolute atomic E-state index is 0.0471. The number of carbonyl (C=O) groups is 2. The molecule has 0 fully saturated rings. The van der Waals surface area contributed by atoms with Crippen molar-refractivity contribution in [2.24, 2.45) is 0 Å². The Hall–Kier alpha value is -0.480. The quantitative estimate of drug-likeness (QED) is 0.780. The molecule has 70 valence electrons. The van der Waals surface area contributed by atoms with Crippen molar-refractivity contribution in [2.45, 2.75) is 19.8 Å². The molecule has 0 spiro atoms. The summed E-state index contributed by atoms with van der Waals surface area (Å²) in [4.78, 5) is 22.7. The van der Waals surface area contributed by atoms with Gasteiger partial charge in [-0.1, -0.05) is 0 Å². The maximum Gasteiger partial charge on any atom is 0.173 e. The first-order valence-electron chi connectivity index (χ1n) is 3.87. The zero-order valence-corrected chi connectivity index (χ0v) is 9.57. The summed E-state index contributed by atoms with van der Waals surface area (Å²) in [7, 11) is 0. The molecule has 0 aliphatic rings. The third kappa shape index (κ3) is 3.40. The second kappa shape index (κ2) is 4.67. The van der Waals surface area contributed by atoms with Crippen LogP contribution in [0.15, 0.2) is 15.9 Å². The zero-order valence-electron chi connectivity index (χ0n) is 7.17. The third-order valence-electron chi connectivity index (χ3n) is 1.55. The van der Waals surface area contributed by atoms with Crippen molar-refractivity contribution in [2.75, 3.05) is 0 Å². The molecule has 0 radical (unpaired) electrons. The molecule has 0 N–H and O–H groups in total. The molecule has 0 saturated carbocycles. The smallest absolute Gasteiger partial charge is 0.173 e. The Balaban J connectivity index is 2.54. The Morgan fingerprint density at radius 2 is 2.08 bits per heavy atom. The number of Topliss-reactive ketones (excluding diaryl/α,β-unsaturated/α-hetero) is 2. The Kier molecular flexibility index (Phi) is 3.81. The first-order valence-corrected chi connectivity index (χ1v) is 5.48. The highest BCUT2D eigenvalue weighted by molar-refractivity contribution is 9.11. The van der Waals surface area contributed by atoms with Crippen LogP contribution in [-0.2, 0) is 4.79 Å². The standard InChI is InChI=1S/C9H9BrO2S/c1-6(11)2-3-7(12)8-4-5-9(10)13-8/h4-5H,2-3H2,1H3. The van der Waals surface area contributed by atoms with Crippen molar-refractivity contribution in [3.63, 3.8) is 0 Å². The molecule has 0 aliphatic carbocycles. The predicted molar refractivity (Wildman–Crippen MR) is 56.3 cm³/mol. The van der Waals surface area contributed by atoms with Crippen molar-refractivity contribution in [3.05, 3.63) is 20.8 Å². The molecule has 13 heavy (non-hydrogen) atoms. The molecule has 0 aliphatic heterocycles. The number of carbonyl (C=O) groups excluding carboxylic acids is 2. The SMILES string of the molecule is CC(=O)CCC(=O)c1ccc(Br)s1. The highest BCUT2D eigenvalue weighted by Gasteiger charge is 2.08. The summed E-state index contributed by atoms with van der Waals surface area (Å²) >= 11 is 4.68. The maximum absolute atomic E-state index is 11.4. The lowest BCUT2D eigenvalue weighted by Gasteiger charge is -1.93. The Morgan fingerprint density at radius 1 is 1.38 bits per heavy atom. The minimum atomic E-state index is 0.0471. The summed E-state index contributed by atoms with van der Waals surface area (Å²) in [6, 6.07) is 3.61. The maximum atomic E-state index is 11.4. The molecule has 0 atom stereocenters. The summed E-state index contributed by atoms with van der Waals surface area (Å²) in [5.74, 6) is 0.106. The second-order valence-electron chi connectivity index (χ2n) is 2.73. The molecule has 1 heterocycles. The van der Waals surface area contributed by atoms with E-state index in [9.17, 15) is 9.59 Å². The van der Waals surface area contributed by atoms with Gasteiger partial charge >= 0.3 is 0 Å². The molecule has 0 aromatic carbocycles. The lowest BCUT2D eigenvalue weighted by atomic mass is 10.1. The monoisotopic (exact) mass is 260 g/mol. The van der Waals surface area contributed by atoms with Crippen molar-refractivity contribution < 1.29 is 9.59 Å². The van der Waals surface area contributed by atoms with Crippen LogP contribution in [0.1, 0.15) is 29.4 Å². The first-order chi connectivity index (χ1) is 6.09. The number of hydrogen-bond acceptors (Lipinski definition) is 3. The first kappa shape index (κ1) is 10.6. The van der Waals surface area contributed by atoms with Gasteiger partial charge in [0.05, 0.1) is 8.66 Å². The van der Waals surface area contributed by atoms with Crippen LogP contribution in [0.2, 0.25) is 0 Å². The Labute approximate surface area is 89.1 Å². The molecule has 1 rings (SSSR count). The van der Waals surface area contributed by atoms with Gasteiger partial charge < -0.3 is 4.79 Å². The molecular weight excluding hydrogens is 252 g/mol. The van der Waals surface area contributed by atoms with Crippen LogP contribution in [0.25, 0.3) is 0 Å². The normalized spacial score (nSPS) is 10.0. The van der Waals surface area contributed by atoms with Crippen LogP contribution in [0.3, 0.4) is 0 Å². The van der Waals surface area contributed by atoms with Crippen molar-refractivity contribution in [3.8, 4) is 0 Å². The molecule has 1 aromatic heterocycles. The van der Waals surface area contributed by atoms with E-state index in [0.29, 0.717) is 17.7 Å². The highest BCUT2D eigenvalue weighted by atomic mass is 79.9. The number of halogens is 1. The van der Waals surface area contributed by atoms with Gasteiger partial charge in [0.25, 0.3) is 0 Å². The van der Waals surface area contributed by atoms with Crippen LogP contribution < -0.4 is 0 Å². The minimum Gasteiger partial charge on any atom is -0.300 e. The van der Waals surface area contributed by atoms with E-state index in [1.807, 2.05) is 6.07 Å². The largest absolute Gasteiger partial charge is 0.300 e. The van der Waals surface area contributed by atoms with Crippen LogP contribution in [-0.4, -0.2) is 11.6 Å². The highest BCUT2D eigenvalue weighted by Crippen LogP contribution is 2.23. The summed E-state index contributed by atoms with van der Waals surface area (Å²) < 4.78 is 0.943. The van der Waals surface area contributed by atoms with Gasteiger partial charge in [0.2, 0.25) is 0 Å². The summed E-state index contributed by atoms with van der Waals surface area (Å²) in [6.07, 6.45) is 0.663. The average molecular weight is 261 g/mol. The van der Waals surface area contributed by atoms with E-state index in [2.05, 4.69) is 15.9 Å². The van der Waals surface area contributed by atoms with Crippen LogP contribution >= 0.6 is 27.3 Å². The molecule has 4 heteroatoms. The van der Waals surface area contributed by atoms with E-state index < -0.39 is 0 Å². The topological polar surface area (TPSA) is 34.1 Å². The fourth-order valence-electron chi connectivity index (χ4n) is 0.877. The van der Waals surface area contributed by atoms with Gasteiger partial charge in [-0.05, 0) is 35.0 Å². The van der Waals surface area contributed by atoms with E-state index in [0.717, 1.165) is 3.79 Å². The summed E-state index contributed by atoms with van der Waals surface area (Å²) in [5, 5.41) is 0. The fraction of sp³-hybridized carbons (Fsp3) is 0.333. The molecule has 2 nitrogen and oxygen atoms in total. The molecule has 0 bridgehead atoms. The van der Waals surface area contributed by atoms with Crippen LogP contribution in [0, 0.1) is 0 Å². The van der Waals surface area contributed by atoms with Gasteiger partial charge in [0.1, 0.15) is 5.78 Å². The predicted octanol–water partition coefficient (Wildman–Crippen LogP) is 3.06. The van der Waals surface area contributed by atoms with Gasteiger partial charge in [0, 0.05) is 12.8 Å². The number of thiophene rings is 1. The summed E-state index contributed by atoms with van der Waals surface area (Å²) in [5.41, 5.74) is 0. The van der Waals surface area contributed by atoms with Crippen molar-refractivity contribution >= 4 is 38.8 Å². The molecule has 0 unspecified atom stereocenters. The van der Waals surface area contributed by atoms with E-state index in [1.165, 1.54) is 18.3 Å². The summed E-state index contributed by atoms with van der Waals surface area (Å²) in [6.45, 7) is 1.50. The molecular formula is C9H9BrO2S. The van der Waals surface area contributed by atoms with E-state index in [-0.39, 0.29) is 11.6 Å². The van der Waals surface area contributed by atoms with Gasteiger partial charge in [0.15, 0.2) is 5.78 Å². The number of rotatable bonds is 4. The van der Waals surface area contributed by atoms with E-state index in [1.54, 1.807) is 6.07 Å². The van der Waals surface area contributed by atoms with Gasteiger partial charge in [-0.3, -0.25) is 4.79 Å². The Bertz CT molecular complexity index is 330. The van der Waals surface area contributed by atoms with Crippen LogP contribution in [0.5, 0.6) is 0 Å². The van der Waals surface area contributed by atoms with Crippen molar-refractivity contribution in [1.82, 2.24) is 0 Å². The molecule has 0 saturated heterocycles. The Morgan fingerprint density at radius 3 is 2.54 bits per heavy atom. The van der Waals surface area contributed by atoms with Crippen molar-refractivity contribution in [1.29, 1.82) is 0 Å². The van der Waals surface area contributed by atoms with Gasteiger partial charge in [-0.25, -0.2) is 0 Å². The lowest BCUT2D eigenvalue weighted by molar-refractivity contribution is -0.116. The third-order valence-corrected chi connectivity index (χ3v) is 3.22. The lowest BCUT2D eigenvalue weighted by Crippen LogP contribution is -1.99. The average Bonchev–Trinajstić information content (AvgIpc) is 2.47. The zero-order chi connectivity index (χ0) is 9.84. The van der Waals surface area contributed by atoms with Crippen LogP contribution in [0.4, 0.5) is 0 Å². The van der Waals surface area contributed by atoms with E-state index in [4.69, 9.17) is 0 Å². The number of hydrogen-bond donors (Lipinski definition) is 0.